The summed E-state index contributed by atoms with van der Waals surface area (Å²) in [6, 6.07) is 19.1. The molecule has 1 aromatic heterocycles. The van der Waals surface area contributed by atoms with Gasteiger partial charge >= 0.3 is 0 Å². The maximum Gasteiger partial charge on any atom is 0.293 e. The summed E-state index contributed by atoms with van der Waals surface area (Å²) in [5, 5.41) is 3.39. The molecule has 1 N–H and O–H groups in total. The summed E-state index contributed by atoms with van der Waals surface area (Å²) in [5.41, 5.74) is 1.86. The van der Waals surface area contributed by atoms with Gasteiger partial charge in [-0.15, -0.1) is 0 Å². The lowest BCUT2D eigenvalue weighted by Crippen LogP contribution is -2.44. The number of halogens is 1. The van der Waals surface area contributed by atoms with Gasteiger partial charge in [0.2, 0.25) is 6.04 Å². The molecule has 1 amide bonds. The molecule has 5 heteroatoms. The molecule has 1 atom stereocenters. The topological polar surface area (TPSA) is 50.1 Å². The van der Waals surface area contributed by atoms with E-state index in [2.05, 4.69) is 5.32 Å². The van der Waals surface area contributed by atoms with Gasteiger partial charge in [0.15, 0.2) is 18.2 Å². The Bertz CT molecular complexity index is 924. The number of nitrogens with zero attached hydrogens (tertiary/aromatic N) is 1. The average Bonchev–Trinajstić information content (AvgIpc) is 2.67. The lowest BCUT2D eigenvalue weighted by Gasteiger charge is -2.09. The van der Waals surface area contributed by atoms with Crippen LogP contribution < -0.4 is 9.88 Å². The molecule has 0 aliphatic rings. The number of carbonyl (C=O) groups excluding carboxylic acids is 2. The number of rotatable bonds is 5. The second-order valence-corrected chi connectivity index (χ2v) is 6.34. The second kappa shape index (κ2) is 7.93. The van der Waals surface area contributed by atoms with E-state index in [1.807, 2.05) is 18.2 Å². The third kappa shape index (κ3) is 4.16. The summed E-state index contributed by atoms with van der Waals surface area (Å²) in [4.78, 5) is 24.9. The molecule has 0 saturated carbocycles. The second-order valence-electron chi connectivity index (χ2n) is 5.90. The Morgan fingerprint density at radius 1 is 0.923 bits per heavy atom. The van der Waals surface area contributed by atoms with E-state index in [1.54, 1.807) is 72.4 Å². The average molecular weight is 366 g/mol. The maximum atomic E-state index is 12.4. The highest BCUT2D eigenvalue weighted by Gasteiger charge is 2.22. The van der Waals surface area contributed by atoms with Gasteiger partial charge in [-0.05, 0) is 18.2 Å². The van der Waals surface area contributed by atoms with E-state index in [-0.39, 0.29) is 11.7 Å². The minimum absolute atomic E-state index is 0.0474. The first kappa shape index (κ1) is 17.8. The summed E-state index contributed by atoms with van der Waals surface area (Å²) < 4.78 is 1.75. The third-order valence-electron chi connectivity index (χ3n) is 4.07. The molecule has 26 heavy (non-hydrogen) atoms. The zero-order valence-electron chi connectivity index (χ0n) is 14.2. The summed E-state index contributed by atoms with van der Waals surface area (Å²) in [6.45, 7) is 1.79. The van der Waals surface area contributed by atoms with Gasteiger partial charge in [0, 0.05) is 40.9 Å². The van der Waals surface area contributed by atoms with Gasteiger partial charge in [0.05, 0.1) is 0 Å². The number of hydrogen-bond donors (Lipinski definition) is 1. The summed E-state index contributed by atoms with van der Waals surface area (Å²) in [7, 11) is 0. The fourth-order valence-corrected chi connectivity index (χ4v) is 2.74. The van der Waals surface area contributed by atoms with Crippen molar-refractivity contribution in [1.29, 1.82) is 0 Å². The van der Waals surface area contributed by atoms with Crippen LogP contribution in [0.2, 0.25) is 5.02 Å². The third-order valence-corrected chi connectivity index (χ3v) is 4.30. The number of ketones is 1. The van der Waals surface area contributed by atoms with E-state index in [0.29, 0.717) is 21.8 Å². The van der Waals surface area contributed by atoms with Crippen molar-refractivity contribution in [3.05, 3.63) is 95.3 Å². The molecule has 0 radical (unpaired) electrons. The van der Waals surface area contributed by atoms with E-state index in [0.717, 1.165) is 0 Å². The van der Waals surface area contributed by atoms with Crippen LogP contribution in [0, 0.1) is 0 Å². The maximum absolute atomic E-state index is 12.4. The van der Waals surface area contributed by atoms with E-state index in [4.69, 9.17) is 11.6 Å². The molecule has 130 valence electrons. The molecule has 0 bridgehead atoms. The molecule has 0 fully saturated rings. The molecular weight excluding hydrogens is 348 g/mol. The van der Waals surface area contributed by atoms with Crippen molar-refractivity contribution in [2.24, 2.45) is 0 Å². The fourth-order valence-electron chi connectivity index (χ4n) is 2.55. The van der Waals surface area contributed by atoms with Crippen molar-refractivity contribution < 1.29 is 14.2 Å². The van der Waals surface area contributed by atoms with Gasteiger partial charge in [-0.1, -0.05) is 48.0 Å². The lowest BCUT2D eigenvalue weighted by atomic mass is 10.0. The van der Waals surface area contributed by atoms with Gasteiger partial charge in [-0.3, -0.25) is 9.59 Å². The number of benzene rings is 2. The van der Waals surface area contributed by atoms with Gasteiger partial charge in [0.1, 0.15) is 0 Å². The Kier molecular flexibility index (Phi) is 5.44. The smallest absolute Gasteiger partial charge is 0.293 e. The summed E-state index contributed by atoms with van der Waals surface area (Å²) in [5.74, 6) is -0.215. The number of nitrogens with one attached hydrogen (secondary N) is 1. The van der Waals surface area contributed by atoms with Crippen molar-refractivity contribution in [3.8, 4) is 0 Å². The Hall–Kier alpha value is -2.98. The van der Waals surface area contributed by atoms with E-state index >= 15 is 0 Å². The highest BCUT2D eigenvalue weighted by Crippen LogP contribution is 2.16. The number of aromatic nitrogens is 1. The Morgan fingerprint density at radius 2 is 1.58 bits per heavy atom. The molecule has 0 aliphatic carbocycles. The van der Waals surface area contributed by atoms with Gasteiger partial charge in [0.25, 0.3) is 5.91 Å². The van der Waals surface area contributed by atoms with E-state index in [9.17, 15) is 9.59 Å². The molecular formula is C21H18ClN2O2+. The quantitative estimate of drug-likeness (QED) is 0.547. The van der Waals surface area contributed by atoms with E-state index in [1.165, 1.54) is 0 Å². The van der Waals surface area contributed by atoms with Crippen LogP contribution in [0.3, 0.4) is 0 Å². The Labute approximate surface area is 157 Å². The molecule has 3 aromatic rings. The largest absolute Gasteiger partial charge is 0.320 e. The minimum Gasteiger partial charge on any atom is -0.320 e. The predicted octanol–water partition coefficient (Wildman–Crippen LogP) is 4.06. The molecule has 0 unspecified atom stereocenters. The van der Waals surface area contributed by atoms with Crippen LogP contribution in [-0.4, -0.2) is 11.7 Å². The van der Waals surface area contributed by atoms with Crippen LogP contribution >= 0.6 is 11.6 Å². The zero-order chi connectivity index (χ0) is 18.5. The predicted molar refractivity (Wildman–Crippen MR) is 101 cm³/mol. The van der Waals surface area contributed by atoms with Gasteiger partial charge < -0.3 is 5.32 Å². The number of amides is 1. The van der Waals surface area contributed by atoms with Crippen LogP contribution in [0.1, 0.15) is 28.9 Å². The van der Waals surface area contributed by atoms with Crippen molar-refractivity contribution in [2.45, 2.75) is 13.0 Å². The molecule has 3 rings (SSSR count). The highest BCUT2D eigenvalue weighted by atomic mass is 35.5. The standard InChI is InChI=1S/C21H17ClN2O2/c1-15(21(26)23-19-9-5-8-18(22)14-19)24-12-10-17(11-13-24)20(25)16-6-3-2-4-7-16/h2-15H,1H3/p+1/t15-/m0/s1. The molecule has 1 heterocycles. The van der Waals surface area contributed by atoms with Crippen molar-refractivity contribution in [2.75, 3.05) is 5.32 Å². The monoisotopic (exact) mass is 365 g/mol. The van der Waals surface area contributed by atoms with Crippen molar-refractivity contribution in [3.63, 3.8) is 0 Å². The summed E-state index contributed by atoms with van der Waals surface area (Å²) in [6.07, 6.45) is 3.47. The van der Waals surface area contributed by atoms with Crippen molar-refractivity contribution >= 4 is 29.0 Å². The first-order chi connectivity index (χ1) is 12.5. The van der Waals surface area contributed by atoms with Gasteiger partial charge in [-0.2, -0.15) is 4.57 Å². The normalized spacial score (nSPS) is 11.6. The van der Waals surface area contributed by atoms with Crippen LogP contribution in [-0.2, 0) is 4.79 Å². The molecule has 0 saturated heterocycles. The number of carbonyl (C=O) groups is 2. The molecule has 0 spiro atoms. The molecule has 4 nitrogen and oxygen atoms in total. The fraction of sp³-hybridized carbons (Fsp3) is 0.0952. The molecule has 2 aromatic carbocycles. The number of anilines is 1. The summed E-state index contributed by atoms with van der Waals surface area (Å²) >= 11 is 5.93. The lowest BCUT2D eigenvalue weighted by molar-refractivity contribution is -0.705. The Morgan fingerprint density at radius 3 is 2.23 bits per heavy atom. The van der Waals surface area contributed by atoms with Crippen LogP contribution in [0.5, 0.6) is 0 Å². The highest BCUT2D eigenvalue weighted by molar-refractivity contribution is 6.30. The van der Waals surface area contributed by atoms with Crippen LogP contribution in [0.15, 0.2) is 79.1 Å². The Balaban J connectivity index is 1.71. The van der Waals surface area contributed by atoms with Crippen molar-refractivity contribution in [1.82, 2.24) is 0 Å². The van der Waals surface area contributed by atoms with Gasteiger partial charge in [-0.25, -0.2) is 0 Å². The number of pyridine rings is 1. The zero-order valence-corrected chi connectivity index (χ0v) is 15.0. The first-order valence-electron chi connectivity index (χ1n) is 8.21. The first-order valence-corrected chi connectivity index (χ1v) is 8.59. The van der Waals surface area contributed by atoms with Crippen LogP contribution in [0.25, 0.3) is 0 Å². The minimum atomic E-state index is -0.435. The van der Waals surface area contributed by atoms with E-state index < -0.39 is 6.04 Å². The SMILES string of the molecule is C[C@@H](C(=O)Nc1cccc(Cl)c1)[n+]1ccc(C(=O)c2ccccc2)cc1. The van der Waals surface area contributed by atoms with Crippen LogP contribution in [0.4, 0.5) is 5.69 Å². The number of hydrogen-bond acceptors (Lipinski definition) is 2. The molecule has 0 aliphatic heterocycles.